The molecular formula is C19H22N4O2S. The van der Waals surface area contributed by atoms with E-state index < -0.39 is 0 Å². The SMILES string of the molecule is Cc1ccc(NC(=O)CSc2nnc(-c3ccco3)n2CC(C)C)cc1. The highest BCUT2D eigenvalue weighted by Gasteiger charge is 2.18. The molecule has 3 rings (SSSR count). The highest BCUT2D eigenvalue weighted by atomic mass is 32.2. The van der Waals surface area contributed by atoms with Crippen LogP contribution in [0, 0.1) is 12.8 Å². The van der Waals surface area contributed by atoms with Gasteiger partial charge in [0, 0.05) is 12.2 Å². The predicted molar refractivity (Wildman–Crippen MR) is 103 cm³/mol. The summed E-state index contributed by atoms with van der Waals surface area (Å²) in [7, 11) is 0. The minimum atomic E-state index is -0.0718. The van der Waals surface area contributed by atoms with Crippen molar-refractivity contribution in [2.45, 2.75) is 32.5 Å². The van der Waals surface area contributed by atoms with Crippen LogP contribution < -0.4 is 5.32 Å². The molecule has 0 aliphatic rings. The third-order valence-electron chi connectivity index (χ3n) is 3.67. The third kappa shape index (κ3) is 4.54. The molecule has 0 spiro atoms. The second-order valence-electron chi connectivity index (χ2n) is 6.49. The first-order chi connectivity index (χ1) is 12.5. The number of aryl methyl sites for hydroxylation is 1. The van der Waals surface area contributed by atoms with Gasteiger partial charge in [-0.15, -0.1) is 10.2 Å². The van der Waals surface area contributed by atoms with Crippen molar-refractivity contribution in [3.63, 3.8) is 0 Å². The molecule has 136 valence electrons. The van der Waals surface area contributed by atoms with Crippen LogP contribution in [0.25, 0.3) is 11.6 Å². The van der Waals surface area contributed by atoms with Crippen molar-refractivity contribution in [2.75, 3.05) is 11.1 Å². The van der Waals surface area contributed by atoms with E-state index >= 15 is 0 Å². The largest absolute Gasteiger partial charge is 0.461 e. The Morgan fingerprint density at radius 1 is 1.23 bits per heavy atom. The van der Waals surface area contributed by atoms with Crippen molar-refractivity contribution in [3.8, 4) is 11.6 Å². The lowest BCUT2D eigenvalue weighted by Crippen LogP contribution is -2.15. The van der Waals surface area contributed by atoms with Gasteiger partial charge >= 0.3 is 0 Å². The quantitative estimate of drug-likeness (QED) is 0.630. The number of nitrogens with zero attached hydrogens (tertiary/aromatic N) is 3. The molecule has 0 fully saturated rings. The lowest BCUT2D eigenvalue weighted by molar-refractivity contribution is -0.113. The second-order valence-corrected chi connectivity index (χ2v) is 7.43. The number of aromatic nitrogens is 3. The Balaban J connectivity index is 1.69. The normalized spacial score (nSPS) is 11.1. The first kappa shape index (κ1) is 18.3. The number of nitrogens with one attached hydrogen (secondary N) is 1. The molecule has 0 aliphatic heterocycles. The molecule has 0 radical (unpaired) electrons. The number of benzene rings is 1. The topological polar surface area (TPSA) is 73.0 Å². The first-order valence-electron chi connectivity index (χ1n) is 8.49. The zero-order chi connectivity index (χ0) is 18.5. The van der Waals surface area contributed by atoms with Gasteiger partial charge in [-0.1, -0.05) is 43.3 Å². The van der Waals surface area contributed by atoms with Crippen LogP contribution in [0.2, 0.25) is 0 Å². The summed E-state index contributed by atoms with van der Waals surface area (Å²) < 4.78 is 7.46. The zero-order valence-corrected chi connectivity index (χ0v) is 15.9. The van der Waals surface area contributed by atoms with Gasteiger partial charge in [0.1, 0.15) is 0 Å². The molecule has 0 aliphatic carbocycles. The molecule has 0 saturated heterocycles. The fourth-order valence-corrected chi connectivity index (χ4v) is 3.23. The van der Waals surface area contributed by atoms with Crippen molar-refractivity contribution < 1.29 is 9.21 Å². The van der Waals surface area contributed by atoms with Crippen molar-refractivity contribution in [1.82, 2.24) is 14.8 Å². The summed E-state index contributed by atoms with van der Waals surface area (Å²) in [5.41, 5.74) is 1.95. The minimum absolute atomic E-state index is 0.0718. The summed E-state index contributed by atoms with van der Waals surface area (Å²) in [6.45, 7) is 7.03. The van der Waals surface area contributed by atoms with E-state index in [0.717, 1.165) is 17.8 Å². The number of hydrogen-bond donors (Lipinski definition) is 1. The summed E-state index contributed by atoms with van der Waals surface area (Å²) >= 11 is 1.37. The molecule has 2 aromatic heterocycles. The summed E-state index contributed by atoms with van der Waals surface area (Å²) in [6.07, 6.45) is 1.62. The maximum absolute atomic E-state index is 12.2. The molecule has 3 aromatic rings. The number of carbonyl (C=O) groups is 1. The van der Waals surface area contributed by atoms with Crippen molar-refractivity contribution in [1.29, 1.82) is 0 Å². The van der Waals surface area contributed by atoms with Gasteiger partial charge in [0.15, 0.2) is 16.7 Å². The summed E-state index contributed by atoms with van der Waals surface area (Å²) in [6, 6.07) is 11.4. The van der Waals surface area contributed by atoms with Crippen LogP contribution in [0.1, 0.15) is 19.4 Å². The van der Waals surface area contributed by atoms with Crippen LogP contribution in [-0.2, 0) is 11.3 Å². The highest BCUT2D eigenvalue weighted by Crippen LogP contribution is 2.25. The fourth-order valence-electron chi connectivity index (χ4n) is 2.48. The van der Waals surface area contributed by atoms with E-state index in [2.05, 4.69) is 29.4 Å². The van der Waals surface area contributed by atoms with Crippen LogP contribution >= 0.6 is 11.8 Å². The Bertz CT molecular complexity index is 854. The number of furan rings is 1. The maximum Gasteiger partial charge on any atom is 0.234 e. The van der Waals surface area contributed by atoms with Gasteiger partial charge in [0.2, 0.25) is 5.91 Å². The van der Waals surface area contributed by atoms with E-state index in [-0.39, 0.29) is 11.7 Å². The lowest BCUT2D eigenvalue weighted by Gasteiger charge is -2.11. The number of amides is 1. The van der Waals surface area contributed by atoms with E-state index in [9.17, 15) is 4.79 Å². The first-order valence-corrected chi connectivity index (χ1v) is 9.48. The fraction of sp³-hybridized carbons (Fsp3) is 0.316. The third-order valence-corrected chi connectivity index (χ3v) is 4.64. The minimum Gasteiger partial charge on any atom is -0.461 e. The predicted octanol–water partition coefficient (Wildman–Crippen LogP) is 4.23. The molecule has 0 atom stereocenters. The van der Waals surface area contributed by atoms with Crippen LogP contribution in [0.5, 0.6) is 0 Å². The van der Waals surface area contributed by atoms with E-state index in [1.54, 1.807) is 6.26 Å². The number of anilines is 1. The molecule has 6 nitrogen and oxygen atoms in total. The van der Waals surface area contributed by atoms with Crippen LogP contribution in [0.4, 0.5) is 5.69 Å². The lowest BCUT2D eigenvalue weighted by atomic mass is 10.2. The number of hydrogen-bond acceptors (Lipinski definition) is 5. The van der Waals surface area contributed by atoms with Crippen LogP contribution in [0.15, 0.2) is 52.2 Å². The molecule has 26 heavy (non-hydrogen) atoms. The summed E-state index contributed by atoms with van der Waals surface area (Å²) in [5.74, 6) is 1.97. The Kier molecular flexibility index (Phi) is 5.78. The average molecular weight is 370 g/mol. The van der Waals surface area contributed by atoms with Gasteiger partial charge in [-0.05, 0) is 37.1 Å². The molecule has 1 amide bonds. The Morgan fingerprint density at radius 2 is 2.00 bits per heavy atom. The van der Waals surface area contributed by atoms with Gasteiger partial charge < -0.3 is 9.73 Å². The number of rotatable bonds is 7. The summed E-state index contributed by atoms with van der Waals surface area (Å²) in [4.78, 5) is 12.2. The number of thioether (sulfide) groups is 1. The Labute approximate surface area is 157 Å². The van der Waals surface area contributed by atoms with Gasteiger partial charge in [-0.25, -0.2) is 0 Å². The highest BCUT2D eigenvalue weighted by molar-refractivity contribution is 7.99. The zero-order valence-electron chi connectivity index (χ0n) is 15.1. The van der Waals surface area contributed by atoms with Crippen LogP contribution in [0.3, 0.4) is 0 Å². The average Bonchev–Trinajstić information content (AvgIpc) is 3.24. The molecule has 0 bridgehead atoms. The molecule has 1 N–H and O–H groups in total. The van der Waals surface area contributed by atoms with Crippen LogP contribution in [-0.4, -0.2) is 26.4 Å². The van der Waals surface area contributed by atoms with Crippen molar-refractivity contribution in [2.24, 2.45) is 5.92 Å². The van der Waals surface area contributed by atoms with Crippen molar-refractivity contribution >= 4 is 23.4 Å². The molecule has 1 aromatic carbocycles. The second kappa shape index (κ2) is 8.23. The molecule has 7 heteroatoms. The Hall–Kier alpha value is -2.54. The molecular weight excluding hydrogens is 348 g/mol. The van der Waals surface area contributed by atoms with E-state index in [4.69, 9.17) is 4.42 Å². The number of carbonyl (C=O) groups excluding carboxylic acids is 1. The van der Waals surface area contributed by atoms with Gasteiger partial charge in [-0.3, -0.25) is 9.36 Å². The van der Waals surface area contributed by atoms with Gasteiger partial charge in [-0.2, -0.15) is 0 Å². The molecule has 0 unspecified atom stereocenters. The standard InChI is InChI=1S/C19H22N4O2S/c1-13(2)11-23-18(16-5-4-10-25-16)21-22-19(23)26-12-17(24)20-15-8-6-14(3)7-9-15/h4-10,13H,11-12H2,1-3H3,(H,20,24). The summed E-state index contributed by atoms with van der Waals surface area (Å²) in [5, 5.41) is 12.1. The van der Waals surface area contributed by atoms with Crippen molar-refractivity contribution in [3.05, 3.63) is 48.2 Å². The van der Waals surface area contributed by atoms with Gasteiger partial charge in [0.05, 0.1) is 12.0 Å². The Morgan fingerprint density at radius 3 is 2.65 bits per heavy atom. The van der Waals surface area contributed by atoms with E-state index in [1.165, 1.54) is 11.8 Å². The smallest absolute Gasteiger partial charge is 0.234 e. The molecule has 2 heterocycles. The van der Waals surface area contributed by atoms with E-state index in [0.29, 0.717) is 22.7 Å². The monoisotopic (exact) mass is 370 g/mol. The maximum atomic E-state index is 12.2. The van der Waals surface area contributed by atoms with E-state index in [1.807, 2.05) is 47.9 Å². The van der Waals surface area contributed by atoms with Gasteiger partial charge in [0.25, 0.3) is 0 Å². The molecule has 0 saturated carbocycles.